The Labute approximate surface area is 235 Å². The number of fused-ring (bicyclic) bond motifs is 3. The SMILES string of the molecule is CCOC(=O)O[C@H]1CC2(NC(=O)COc3ccc(Cl)c(F)c3)CCC1(NC(=O)COc1ccc(C)c(F)c1)CC2. The molecule has 12 heteroatoms. The van der Waals surface area contributed by atoms with Crippen molar-refractivity contribution in [2.75, 3.05) is 19.8 Å². The van der Waals surface area contributed by atoms with Gasteiger partial charge in [-0.05, 0) is 63.3 Å². The van der Waals surface area contributed by atoms with E-state index in [1.807, 2.05) is 0 Å². The lowest BCUT2D eigenvalue weighted by Crippen LogP contribution is -2.71. The average Bonchev–Trinajstić information content (AvgIpc) is 2.91. The summed E-state index contributed by atoms with van der Waals surface area (Å²) >= 11 is 5.68. The predicted molar refractivity (Wildman–Crippen MR) is 140 cm³/mol. The molecule has 2 N–H and O–H groups in total. The summed E-state index contributed by atoms with van der Waals surface area (Å²) in [4.78, 5) is 37.9. The summed E-state index contributed by atoms with van der Waals surface area (Å²) in [5.74, 6) is -1.62. The van der Waals surface area contributed by atoms with E-state index in [4.69, 9.17) is 30.5 Å². The number of ether oxygens (including phenoxy) is 4. The number of nitrogens with one attached hydrogen (secondary N) is 2. The Morgan fingerprint density at radius 2 is 1.52 bits per heavy atom. The highest BCUT2D eigenvalue weighted by Crippen LogP contribution is 2.48. The third kappa shape index (κ3) is 6.93. The second-order valence-corrected chi connectivity index (χ2v) is 10.5. The molecule has 0 heterocycles. The Kier molecular flexibility index (Phi) is 9.02. The third-order valence-corrected chi connectivity index (χ3v) is 7.67. The number of rotatable bonds is 10. The van der Waals surface area contributed by atoms with E-state index in [-0.39, 0.29) is 42.8 Å². The number of benzene rings is 2. The van der Waals surface area contributed by atoms with Gasteiger partial charge in [-0.15, -0.1) is 0 Å². The van der Waals surface area contributed by atoms with Gasteiger partial charge in [-0.25, -0.2) is 13.6 Å². The molecule has 2 amide bonds. The molecular weight excluding hydrogens is 550 g/mol. The van der Waals surface area contributed by atoms with Crippen LogP contribution in [-0.2, 0) is 19.1 Å². The lowest BCUT2D eigenvalue weighted by atomic mass is 9.59. The fraction of sp³-hybridized carbons (Fsp3) is 0.464. The van der Waals surface area contributed by atoms with Crippen LogP contribution in [0.5, 0.6) is 11.5 Å². The fourth-order valence-corrected chi connectivity index (χ4v) is 5.35. The van der Waals surface area contributed by atoms with Crippen molar-refractivity contribution in [1.29, 1.82) is 0 Å². The Bertz CT molecular complexity index is 1270. The zero-order chi connectivity index (χ0) is 28.9. The smallest absolute Gasteiger partial charge is 0.484 e. The Hall–Kier alpha value is -3.60. The average molecular weight is 581 g/mol. The first-order valence-corrected chi connectivity index (χ1v) is 13.3. The van der Waals surface area contributed by atoms with Crippen LogP contribution in [0, 0.1) is 18.6 Å². The quantitative estimate of drug-likeness (QED) is 0.395. The molecule has 3 aliphatic carbocycles. The Balaban J connectivity index is 1.39. The van der Waals surface area contributed by atoms with Gasteiger partial charge in [0.15, 0.2) is 13.2 Å². The molecule has 0 aromatic heterocycles. The maximum atomic E-state index is 13.8. The minimum atomic E-state index is -0.893. The van der Waals surface area contributed by atoms with Gasteiger partial charge in [0.05, 0.1) is 17.2 Å². The largest absolute Gasteiger partial charge is 0.508 e. The number of carbonyl (C=O) groups excluding carboxylic acids is 3. The summed E-state index contributed by atoms with van der Waals surface area (Å²) in [6.07, 6.45) is 0.382. The molecule has 3 saturated carbocycles. The van der Waals surface area contributed by atoms with E-state index in [0.29, 0.717) is 31.2 Å². The van der Waals surface area contributed by atoms with E-state index in [1.54, 1.807) is 26.0 Å². The molecule has 216 valence electrons. The molecule has 0 saturated heterocycles. The van der Waals surface area contributed by atoms with Crippen LogP contribution >= 0.6 is 11.6 Å². The summed E-state index contributed by atoms with van der Waals surface area (Å²) in [5.41, 5.74) is -1.14. The third-order valence-electron chi connectivity index (χ3n) is 7.36. The van der Waals surface area contributed by atoms with Gasteiger partial charge in [-0.3, -0.25) is 9.59 Å². The van der Waals surface area contributed by atoms with E-state index in [1.165, 1.54) is 18.2 Å². The second kappa shape index (κ2) is 12.3. The van der Waals surface area contributed by atoms with E-state index >= 15 is 0 Å². The molecule has 0 aliphatic heterocycles. The fourth-order valence-electron chi connectivity index (χ4n) is 5.23. The summed E-state index contributed by atoms with van der Waals surface area (Å²) in [5, 5.41) is 5.90. The van der Waals surface area contributed by atoms with Crippen LogP contribution in [0.4, 0.5) is 13.6 Å². The molecular formula is C28H31ClF2N2O7. The van der Waals surface area contributed by atoms with Crippen molar-refractivity contribution in [2.45, 2.75) is 63.1 Å². The van der Waals surface area contributed by atoms with Gasteiger partial charge in [0.25, 0.3) is 11.8 Å². The van der Waals surface area contributed by atoms with Gasteiger partial charge in [0.1, 0.15) is 29.2 Å². The van der Waals surface area contributed by atoms with Gasteiger partial charge in [-0.2, -0.15) is 0 Å². The van der Waals surface area contributed by atoms with Crippen molar-refractivity contribution in [3.63, 3.8) is 0 Å². The van der Waals surface area contributed by atoms with Crippen molar-refractivity contribution >= 4 is 29.6 Å². The van der Waals surface area contributed by atoms with E-state index in [0.717, 1.165) is 6.07 Å². The number of aryl methyl sites for hydroxylation is 1. The highest BCUT2D eigenvalue weighted by Gasteiger charge is 2.57. The molecule has 9 nitrogen and oxygen atoms in total. The molecule has 0 unspecified atom stereocenters. The maximum absolute atomic E-state index is 13.8. The van der Waals surface area contributed by atoms with E-state index in [9.17, 15) is 23.2 Å². The standard InChI is InChI=1S/C28H31ClF2N2O7/c1-3-37-26(36)40-23-14-27(32-24(34)15-38-19-6-7-20(29)22(31)13-19)8-10-28(23,11-9-27)33-25(35)16-39-18-5-4-17(2)21(30)12-18/h4-7,12-13,23H,3,8-11,14-16H2,1-2H3,(H,32,34)(H,33,35)/t23-,27?,28?/m0/s1. The molecule has 5 rings (SSSR count). The second-order valence-electron chi connectivity index (χ2n) is 10.1. The molecule has 0 radical (unpaired) electrons. The van der Waals surface area contributed by atoms with Gasteiger partial charge in [0.2, 0.25) is 0 Å². The summed E-state index contributed by atoms with van der Waals surface area (Å²) in [7, 11) is 0. The maximum Gasteiger partial charge on any atom is 0.508 e. The topological polar surface area (TPSA) is 112 Å². The van der Waals surface area contributed by atoms with E-state index < -0.39 is 46.8 Å². The van der Waals surface area contributed by atoms with Crippen molar-refractivity contribution in [2.24, 2.45) is 0 Å². The predicted octanol–water partition coefficient (Wildman–Crippen LogP) is 4.61. The van der Waals surface area contributed by atoms with Crippen LogP contribution in [-0.4, -0.2) is 55.0 Å². The van der Waals surface area contributed by atoms with Gasteiger partial charge in [-0.1, -0.05) is 17.7 Å². The zero-order valence-corrected chi connectivity index (χ0v) is 22.9. The normalized spacial score (nSPS) is 23.2. The first-order chi connectivity index (χ1) is 19.0. The lowest BCUT2D eigenvalue weighted by Gasteiger charge is -2.56. The van der Waals surface area contributed by atoms with Crippen LogP contribution in [0.15, 0.2) is 36.4 Å². The zero-order valence-electron chi connectivity index (χ0n) is 22.2. The molecule has 2 aromatic carbocycles. The minimum absolute atomic E-state index is 0.0565. The first kappa shape index (κ1) is 29.4. The molecule has 3 aliphatic rings. The molecule has 40 heavy (non-hydrogen) atoms. The molecule has 3 fully saturated rings. The lowest BCUT2D eigenvalue weighted by molar-refractivity contribution is -0.139. The number of amides is 2. The summed E-state index contributed by atoms with van der Waals surface area (Å²) in [6.45, 7) is 2.66. The minimum Gasteiger partial charge on any atom is -0.484 e. The van der Waals surface area contributed by atoms with Crippen LogP contribution in [0.25, 0.3) is 0 Å². The van der Waals surface area contributed by atoms with Crippen molar-refractivity contribution in [3.8, 4) is 11.5 Å². The van der Waals surface area contributed by atoms with Gasteiger partial charge < -0.3 is 29.6 Å². The molecule has 0 spiro atoms. The van der Waals surface area contributed by atoms with Crippen LogP contribution in [0.2, 0.25) is 5.02 Å². The highest BCUT2D eigenvalue weighted by molar-refractivity contribution is 6.30. The molecule has 2 aromatic rings. The van der Waals surface area contributed by atoms with Crippen LogP contribution < -0.4 is 20.1 Å². The monoisotopic (exact) mass is 580 g/mol. The number of halogens is 3. The molecule has 1 atom stereocenters. The van der Waals surface area contributed by atoms with Crippen molar-refractivity contribution in [1.82, 2.24) is 10.6 Å². The van der Waals surface area contributed by atoms with Crippen LogP contribution in [0.3, 0.4) is 0 Å². The van der Waals surface area contributed by atoms with E-state index in [2.05, 4.69) is 10.6 Å². The van der Waals surface area contributed by atoms with Gasteiger partial charge in [0, 0.05) is 24.1 Å². The number of carbonyl (C=O) groups is 3. The molecule has 2 bridgehead atoms. The number of hydrogen-bond donors (Lipinski definition) is 2. The van der Waals surface area contributed by atoms with Gasteiger partial charge >= 0.3 is 6.16 Å². The summed E-state index contributed by atoms with van der Waals surface area (Å²) < 4.78 is 49.0. The van der Waals surface area contributed by atoms with Crippen molar-refractivity contribution in [3.05, 3.63) is 58.6 Å². The summed E-state index contributed by atoms with van der Waals surface area (Å²) in [6, 6.07) is 8.21. The Morgan fingerprint density at radius 3 is 2.12 bits per heavy atom. The first-order valence-electron chi connectivity index (χ1n) is 13.0. The Morgan fingerprint density at radius 1 is 0.925 bits per heavy atom. The van der Waals surface area contributed by atoms with Crippen LogP contribution in [0.1, 0.15) is 44.6 Å². The van der Waals surface area contributed by atoms with Crippen molar-refractivity contribution < 1.29 is 42.1 Å². The highest BCUT2D eigenvalue weighted by atomic mass is 35.5. The number of hydrogen-bond acceptors (Lipinski definition) is 7.